The molecule has 3 aromatic heterocycles. The summed E-state index contributed by atoms with van der Waals surface area (Å²) in [6.45, 7) is 0.469. The highest BCUT2D eigenvalue weighted by atomic mass is 32.2. The molecule has 58 heavy (non-hydrogen) atoms. The van der Waals surface area contributed by atoms with E-state index in [0.717, 1.165) is 22.3 Å². The summed E-state index contributed by atoms with van der Waals surface area (Å²) in [5.74, 6) is 0.459. The van der Waals surface area contributed by atoms with Gasteiger partial charge in [-0.05, 0) is 71.5 Å². The molecule has 11 N–H and O–H groups in total. The van der Waals surface area contributed by atoms with E-state index >= 15 is 0 Å². The molecule has 0 aliphatic rings. The molecule has 0 saturated carbocycles. The number of hydrogen-bond donors (Lipinski definition) is 7. The van der Waals surface area contributed by atoms with Crippen LogP contribution in [-0.2, 0) is 20.0 Å². The second-order valence-electron chi connectivity index (χ2n) is 13.0. The molecule has 7 aromatic rings. The molecule has 3 heterocycles. The zero-order chi connectivity index (χ0) is 40.4. The quantitative estimate of drug-likeness (QED) is 0.0727. The normalized spacial score (nSPS) is 12.5. The summed E-state index contributed by atoms with van der Waals surface area (Å²) >= 11 is 0. The minimum atomic E-state index is -3.59. The molecule has 0 radical (unpaired) electrons. The monoisotopic (exact) mass is 821 g/mol. The van der Waals surface area contributed by atoms with Crippen LogP contribution >= 0.6 is 0 Å². The third-order valence-corrected chi connectivity index (χ3v) is 12.1. The average molecular weight is 822 g/mol. The molecule has 15 nitrogen and oxygen atoms in total. The van der Waals surface area contributed by atoms with Crippen LogP contribution in [0.1, 0.15) is 54.4 Å². The number of nitrogens with two attached hydrogens (primary N) is 4. The SMILES string of the molecule is C.Nc1cc(C(CCNS(=O)(=O)c2ccccc2)c2ccccc2)c(N)c(N)n1.Nc1cc(C(CCNS(=O)(=O)c2ccccc2)c2ccccc2)c2n[nH]nc2n1. The van der Waals surface area contributed by atoms with Crippen LogP contribution in [0, 0.1) is 0 Å². The first-order chi connectivity index (χ1) is 27.4. The Kier molecular flexibility index (Phi) is 14.1. The van der Waals surface area contributed by atoms with E-state index in [1.807, 2.05) is 60.7 Å². The van der Waals surface area contributed by atoms with Crippen molar-refractivity contribution in [1.82, 2.24) is 34.8 Å². The van der Waals surface area contributed by atoms with E-state index < -0.39 is 20.0 Å². The molecular weight excluding hydrogens is 775 g/mol. The number of sulfonamides is 2. The van der Waals surface area contributed by atoms with Gasteiger partial charge in [0.2, 0.25) is 25.7 Å². The van der Waals surface area contributed by atoms with Crippen molar-refractivity contribution in [1.29, 1.82) is 0 Å². The van der Waals surface area contributed by atoms with E-state index in [9.17, 15) is 16.8 Å². The fourth-order valence-corrected chi connectivity index (χ4v) is 8.60. The summed E-state index contributed by atoms with van der Waals surface area (Å²) in [4.78, 5) is 8.65. The summed E-state index contributed by atoms with van der Waals surface area (Å²) in [5, 5.41) is 10.8. The highest BCUT2D eigenvalue weighted by molar-refractivity contribution is 7.89. The van der Waals surface area contributed by atoms with Crippen LogP contribution in [0.4, 0.5) is 23.1 Å². The van der Waals surface area contributed by atoms with Crippen molar-refractivity contribution < 1.29 is 16.8 Å². The number of fused-ring (bicyclic) bond motifs is 1. The van der Waals surface area contributed by atoms with Crippen molar-refractivity contribution in [3.05, 3.63) is 156 Å². The lowest BCUT2D eigenvalue weighted by atomic mass is 9.88. The van der Waals surface area contributed by atoms with Gasteiger partial charge in [-0.1, -0.05) is 104 Å². The Balaban J connectivity index is 0.000000217. The number of nitrogen functional groups attached to an aromatic ring is 4. The van der Waals surface area contributed by atoms with Crippen LogP contribution in [-0.4, -0.2) is 55.3 Å². The van der Waals surface area contributed by atoms with E-state index in [4.69, 9.17) is 22.9 Å². The number of aromatic nitrogens is 5. The number of pyridine rings is 2. The van der Waals surface area contributed by atoms with E-state index in [1.54, 1.807) is 72.8 Å². The number of aromatic amines is 1. The van der Waals surface area contributed by atoms with Crippen LogP contribution in [0.3, 0.4) is 0 Å². The lowest BCUT2D eigenvalue weighted by Gasteiger charge is -2.21. The van der Waals surface area contributed by atoms with Crippen molar-refractivity contribution in [2.75, 3.05) is 36.0 Å². The minimum absolute atomic E-state index is 0. The van der Waals surface area contributed by atoms with Gasteiger partial charge in [0.05, 0.1) is 15.5 Å². The summed E-state index contributed by atoms with van der Waals surface area (Å²) in [7, 11) is -7.17. The Morgan fingerprint density at radius 3 is 1.45 bits per heavy atom. The summed E-state index contributed by atoms with van der Waals surface area (Å²) in [6.07, 6.45) is 0.991. The smallest absolute Gasteiger partial charge is 0.240 e. The summed E-state index contributed by atoms with van der Waals surface area (Å²) < 4.78 is 55.4. The molecule has 0 fully saturated rings. The standard InChI is InChI=1S/C20H20N6O2S.C20H23N5O2S.CH4/c21-18-13-17(19-20(23-18)25-26-24-19)16(14-7-3-1-4-8-14)11-12-22-29(27,28)15-9-5-2-6-10-15;21-18-13-17(19(22)20(23)25-18)16(14-7-3-1-4-8-14)11-12-24-28(26,27)15-9-5-2-6-10-15;/h1-10,13,16,22H,11-12H2,(H3,21,23,24,25,26);1-10,13,16,24H,11-12,22H2,(H4,21,23,25);1H4. The maximum absolute atomic E-state index is 12.5. The molecule has 2 atom stereocenters. The fourth-order valence-electron chi connectivity index (χ4n) is 6.46. The third-order valence-electron chi connectivity index (χ3n) is 9.19. The maximum Gasteiger partial charge on any atom is 0.240 e. The van der Waals surface area contributed by atoms with E-state index in [0.29, 0.717) is 35.5 Å². The second-order valence-corrected chi connectivity index (χ2v) is 16.5. The van der Waals surface area contributed by atoms with Crippen molar-refractivity contribution in [3.8, 4) is 0 Å². The van der Waals surface area contributed by atoms with E-state index in [2.05, 4.69) is 34.8 Å². The van der Waals surface area contributed by atoms with Gasteiger partial charge < -0.3 is 22.9 Å². The van der Waals surface area contributed by atoms with Crippen LogP contribution < -0.4 is 32.4 Å². The Labute approximate surface area is 338 Å². The number of rotatable bonds is 14. The van der Waals surface area contributed by atoms with Gasteiger partial charge in [0.1, 0.15) is 23.0 Å². The average Bonchev–Trinajstić information content (AvgIpc) is 3.70. The fraction of sp³-hybridized carbons (Fsp3) is 0.171. The van der Waals surface area contributed by atoms with Crippen LogP contribution in [0.2, 0.25) is 0 Å². The molecule has 302 valence electrons. The zero-order valence-electron chi connectivity index (χ0n) is 30.7. The number of nitrogens with one attached hydrogen (secondary N) is 3. The molecule has 7 rings (SSSR count). The van der Waals surface area contributed by atoms with Gasteiger partial charge in [-0.2, -0.15) is 10.3 Å². The molecule has 0 aliphatic heterocycles. The van der Waals surface area contributed by atoms with Crippen LogP contribution in [0.5, 0.6) is 0 Å². The van der Waals surface area contributed by atoms with E-state index in [1.165, 1.54) is 0 Å². The first kappa shape index (κ1) is 42.7. The molecule has 0 amide bonds. The second kappa shape index (κ2) is 19.2. The highest BCUT2D eigenvalue weighted by Crippen LogP contribution is 2.35. The minimum Gasteiger partial charge on any atom is -0.396 e. The topological polar surface area (TPSA) is 264 Å². The molecule has 0 spiro atoms. The number of hydrogen-bond acceptors (Lipinski definition) is 12. The molecule has 17 heteroatoms. The van der Waals surface area contributed by atoms with Crippen molar-refractivity contribution in [3.63, 3.8) is 0 Å². The number of H-pyrrole nitrogens is 1. The predicted molar refractivity (Wildman–Crippen MR) is 229 cm³/mol. The Hall–Kier alpha value is -6.40. The number of nitrogens with zero attached hydrogens (tertiary/aromatic N) is 4. The van der Waals surface area contributed by atoms with Gasteiger partial charge in [0.25, 0.3) is 0 Å². The molecule has 2 unspecified atom stereocenters. The number of benzene rings is 4. The Morgan fingerprint density at radius 2 is 0.966 bits per heavy atom. The van der Waals surface area contributed by atoms with Crippen molar-refractivity contribution in [2.24, 2.45) is 0 Å². The maximum atomic E-state index is 12.5. The third kappa shape index (κ3) is 10.5. The first-order valence-corrected chi connectivity index (χ1v) is 20.9. The highest BCUT2D eigenvalue weighted by Gasteiger charge is 2.23. The van der Waals surface area contributed by atoms with E-state index in [-0.39, 0.29) is 53.8 Å². The molecule has 0 bridgehead atoms. The van der Waals surface area contributed by atoms with Gasteiger partial charge in [-0.25, -0.2) is 36.2 Å². The van der Waals surface area contributed by atoms with Crippen molar-refractivity contribution in [2.45, 2.75) is 41.9 Å². The predicted octanol–water partition coefficient (Wildman–Crippen LogP) is 5.40. The van der Waals surface area contributed by atoms with Gasteiger partial charge in [-0.3, -0.25) is 0 Å². The summed E-state index contributed by atoms with van der Waals surface area (Å²) in [5.41, 5.74) is 28.9. The molecular formula is C41H47N11O4S2. The lowest BCUT2D eigenvalue weighted by Crippen LogP contribution is -2.26. The lowest BCUT2D eigenvalue weighted by molar-refractivity contribution is 0.573. The molecule has 0 aliphatic carbocycles. The van der Waals surface area contributed by atoms with Crippen molar-refractivity contribution >= 4 is 54.4 Å². The van der Waals surface area contributed by atoms with Crippen LogP contribution in [0.25, 0.3) is 11.2 Å². The Bertz CT molecular complexity index is 2620. The van der Waals surface area contributed by atoms with Gasteiger partial charge >= 0.3 is 0 Å². The first-order valence-electron chi connectivity index (χ1n) is 17.9. The van der Waals surface area contributed by atoms with Gasteiger partial charge in [0, 0.05) is 24.9 Å². The summed E-state index contributed by atoms with van der Waals surface area (Å²) in [6, 6.07) is 39.5. The molecule has 0 saturated heterocycles. The van der Waals surface area contributed by atoms with Crippen LogP contribution in [0.15, 0.2) is 143 Å². The zero-order valence-corrected chi connectivity index (χ0v) is 32.4. The Morgan fingerprint density at radius 1 is 0.552 bits per heavy atom. The largest absolute Gasteiger partial charge is 0.396 e. The van der Waals surface area contributed by atoms with Gasteiger partial charge in [-0.15, -0.1) is 5.10 Å². The van der Waals surface area contributed by atoms with Gasteiger partial charge in [0.15, 0.2) is 0 Å². The molecule has 4 aromatic carbocycles. The number of anilines is 4.